The molecule has 1 atom stereocenters. The lowest BCUT2D eigenvalue weighted by molar-refractivity contribution is -0.384. The lowest BCUT2D eigenvalue weighted by Gasteiger charge is -2.43. The number of aryl methyl sites for hydroxylation is 1. The molecule has 1 fully saturated rings. The fourth-order valence-corrected chi connectivity index (χ4v) is 2.62. The summed E-state index contributed by atoms with van der Waals surface area (Å²) in [6.07, 6.45) is -0.279. The Hall–Kier alpha value is -1.66. The van der Waals surface area contributed by atoms with E-state index in [9.17, 15) is 15.2 Å². The van der Waals surface area contributed by atoms with Crippen LogP contribution in [-0.2, 0) is 4.74 Å². The molecule has 1 aromatic carbocycles. The van der Waals surface area contributed by atoms with Crippen LogP contribution in [0.3, 0.4) is 0 Å². The molecule has 20 heavy (non-hydrogen) atoms. The van der Waals surface area contributed by atoms with Crippen LogP contribution < -0.4 is 4.90 Å². The second kappa shape index (κ2) is 5.38. The van der Waals surface area contributed by atoms with Crippen LogP contribution in [0, 0.1) is 17.0 Å². The van der Waals surface area contributed by atoms with Crippen LogP contribution in [0.5, 0.6) is 0 Å². The third-order valence-electron chi connectivity index (χ3n) is 3.31. The van der Waals surface area contributed by atoms with E-state index in [1.54, 1.807) is 12.1 Å². The number of rotatable bonds is 3. The Morgan fingerprint density at radius 1 is 1.50 bits per heavy atom. The molecule has 0 saturated carbocycles. The number of ether oxygens (including phenoxy) is 1. The molecule has 6 heteroatoms. The zero-order valence-corrected chi connectivity index (χ0v) is 12.0. The van der Waals surface area contributed by atoms with Crippen molar-refractivity contribution in [2.75, 3.05) is 24.6 Å². The van der Waals surface area contributed by atoms with Crippen LogP contribution in [0.1, 0.15) is 19.4 Å². The average molecular weight is 280 g/mol. The summed E-state index contributed by atoms with van der Waals surface area (Å²) in [6, 6.07) is 5.05. The maximum atomic E-state index is 11.0. The van der Waals surface area contributed by atoms with Gasteiger partial charge in [-0.1, -0.05) is 0 Å². The molecular weight excluding hydrogens is 260 g/mol. The van der Waals surface area contributed by atoms with Gasteiger partial charge in [0.25, 0.3) is 5.69 Å². The van der Waals surface area contributed by atoms with Gasteiger partial charge in [0, 0.05) is 30.9 Å². The number of non-ortho nitro benzene ring substituents is 1. The summed E-state index contributed by atoms with van der Waals surface area (Å²) in [4.78, 5) is 12.6. The molecule has 2 rings (SSSR count). The third-order valence-corrected chi connectivity index (χ3v) is 3.31. The number of nitro groups is 1. The zero-order valence-electron chi connectivity index (χ0n) is 12.0. The summed E-state index contributed by atoms with van der Waals surface area (Å²) in [6.45, 7) is 6.84. The molecule has 110 valence electrons. The lowest BCUT2D eigenvalue weighted by Crippen LogP contribution is -2.54. The molecule has 0 aliphatic carbocycles. The smallest absolute Gasteiger partial charge is 0.271 e. The molecule has 1 heterocycles. The number of morpholine rings is 1. The van der Waals surface area contributed by atoms with E-state index in [0.29, 0.717) is 13.1 Å². The van der Waals surface area contributed by atoms with Crippen molar-refractivity contribution in [1.82, 2.24) is 0 Å². The van der Waals surface area contributed by atoms with Gasteiger partial charge >= 0.3 is 0 Å². The van der Waals surface area contributed by atoms with E-state index in [2.05, 4.69) is 0 Å². The van der Waals surface area contributed by atoms with Crippen LogP contribution >= 0.6 is 0 Å². The molecule has 1 saturated heterocycles. The quantitative estimate of drug-likeness (QED) is 0.676. The molecule has 1 aliphatic rings. The number of aliphatic hydroxyl groups excluding tert-OH is 1. The van der Waals surface area contributed by atoms with E-state index < -0.39 is 5.60 Å². The van der Waals surface area contributed by atoms with Crippen LogP contribution in [0.15, 0.2) is 18.2 Å². The fraction of sp³-hybridized carbons (Fsp3) is 0.571. The monoisotopic (exact) mass is 280 g/mol. The van der Waals surface area contributed by atoms with Crippen molar-refractivity contribution in [3.63, 3.8) is 0 Å². The Morgan fingerprint density at radius 3 is 2.80 bits per heavy atom. The van der Waals surface area contributed by atoms with Gasteiger partial charge in [0.1, 0.15) is 0 Å². The number of nitrogens with zero attached hydrogens (tertiary/aromatic N) is 2. The van der Waals surface area contributed by atoms with E-state index >= 15 is 0 Å². The maximum absolute atomic E-state index is 11.0. The van der Waals surface area contributed by atoms with Gasteiger partial charge in [-0.25, -0.2) is 0 Å². The maximum Gasteiger partial charge on any atom is 0.271 e. The topological polar surface area (TPSA) is 75.8 Å². The molecule has 0 aromatic heterocycles. The first-order chi connectivity index (χ1) is 9.30. The van der Waals surface area contributed by atoms with Gasteiger partial charge in [-0.2, -0.15) is 0 Å². The minimum atomic E-state index is -0.399. The standard InChI is InChI=1S/C14H20N2O4/c1-10-4-11(6-12(5-10)16(18)19)15-7-13(8-17)20-14(2,3)9-15/h4-6,13,17H,7-9H2,1-3H3. The van der Waals surface area contributed by atoms with E-state index in [1.807, 2.05) is 31.7 Å². The van der Waals surface area contributed by atoms with Crippen molar-refractivity contribution >= 4 is 11.4 Å². The van der Waals surface area contributed by atoms with E-state index in [-0.39, 0.29) is 23.3 Å². The largest absolute Gasteiger partial charge is 0.394 e. The van der Waals surface area contributed by atoms with Crippen molar-refractivity contribution in [2.24, 2.45) is 0 Å². The number of benzene rings is 1. The number of hydrogen-bond acceptors (Lipinski definition) is 5. The highest BCUT2D eigenvalue weighted by Gasteiger charge is 2.33. The summed E-state index contributed by atoms with van der Waals surface area (Å²) in [5, 5.41) is 20.3. The lowest BCUT2D eigenvalue weighted by atomic mass is 10.0. The minimum Gasteiger partial charge on any atom is -0.394 e. The van der Waals surface area contributed by atoms with Crippen LogP contribution in [0.4, 0.5) is 11.4 Å². The Balaban J connectivity index is 2.32. The van der Waals surface area contributed by atoms with E-state index in [0.717, 1.165) is 11.3 Å². The number of hydrogen-bond donors (Lipinski definition) is 1. The number of nitro benzene ring substituents is 1. The molecule has 1 aliphatic heterocycles. The third kappa shape index (κ3) is 3.26. The second-order valence-electron chi connectivity index (χ2n) is 5.85. The van der Waals surface area contributed by atoms with Gasteiger partial charge in [-0.15, -0.1) is 0 Å². The highest BCUT2D eigenvalue weighted by Crippen LogP contribution is 2.29. The summed E-state index contributed by atoms with van der Waals surface area (Å²) in [5.41, 5.74) is 1.33. The highest BCUT2D eigenvalue weighted by molar-refractivity contribution is 5.56. The van der Waals surface area contributed by atoms with E-state index in [4.69, 9.17) is 4.74 Å². The van der Waals surface area contributed by atoms with Crippen molar-refractivity contribution in [2.45, 2.75) is 32.5 Å². The predicted octanol–water partition coefficient (Wildman–Crippen LogP) is 1.88. The summed E-state index contributed by atoms with van der Waals surface area (Å²) < 4.78 is 5.76. The summed E-state index contributed by atoms with van der Waals surface area (Å²) in [7, 11) is 0. The Bertz CT molecular complexity index is 516. The van der Waals surface area contributed by atoms with Gasteiger partial charge in [0.05, 0.1) is 23.2 Å². The number of anilines is 1. The van der Waals surface area contributed by atoms with Gasteiger partial charge in [-0.3, -0.25) is 10.1 Å². The highest BCUT2D eigenvalue weighted by atomic mass is 16.6. The molecule has 0 amide bonds. The molecule has 1 unspecified atom stereocenters. The Kier molecular flexibility index (Phi) is 3.96. The van der Waals surface area contributed by atoms with Crippen molar-refractivity contribution in [1.29, 1.82) is 0 Å². The van der Waals surface area contributed by atoms with Gasteiger partial charge in [-0.05, 0) is 32.4 Å². The van der Waals surface area contributed by atoms with Gasteiger partial charge in [0.2, 0.25) is 0 Å². The molecule has 6 nitrogen and oxygen atoms in total. The normalized spacial score (nSPS) is 21.8. The van der Waals surface area contributed by atoms with Gasteiger partial charge < -0.3 is 14.7 Å². The predicted molar refractivity (Wildman–Crippen MR) is 76.1 cm³/mol. The van der Waals surface area contributed by atoms with E-state index in [1.165, 1.54) is 0 Å². The first-order valence-corrected chi connectivity index (χ1v) is 6.60. The second-order valence-corrected chi connectivity index (χ2v) is 5.85. The average Bonchev–Trinajstić information content (AvgIpc) is 2.36. The zero-order chi connectivity index (χ0) is 14.9. The minimum absolute atomic E-state index is 0.0617. The Morgan fingerprint density at radius 2 is 2.20 bits per heavy atom. The van der Waals surface area contributed by atoms with Crippen LogP contribution in [0.2, 0.25) is 0 Å². The molecular formula is C14H20N2O4. The summed E-state index contributed by atoms with van der Waals surface area (Å²) in [5.74, 6) is 0. The fourth-order valence-electron chi connectivity index (χ4n) is 2.62. The first-order valence-electron chi connectivity index (χ1n) is 6.60. The SMILES string of the molecule is Cc1cc(N2CC(CO)OC(C)(C)C2)cc([N+](=O)[O-])c1. The van der Waals surface area contributed by atoms with Crippen molar-refractivity contribution < 1.29 is 14.8 Å². The molecule has 1 aromatic rings. The molecule has 0 bridgehead atoms. The van der Waals surface area contributed by atoms with Crippen molar-refractivity contribution in [3.05, 3.63) is 33.9 Å². The summed E-state index contributed by atoms with van der Waals surface area (Å²) >= 11 is 0. The number of aliphatic hydroxyl groups is 1. The Labute approximate surface area is 118 Å². The molecule has 0 spiro atoms. The van der Waals surface area contributed by atoms with Crippen molar-refractivity contribution in [3.8, 4) is 0 Å². The first kappa shape index (κ1) is 14.7. The van der Waals surface area contributed by atoms with Gasteiger partial charge in [0.15, 0.2) is 0 Å². The van der Waals surface area contributed by atoms with Crippen LogP contribution in [0.25, 0.3) is 0 Å². The molecule has 0 radical (unpaired) electrons. The molecule has 1 N–H and O–H groups in total. The van der Waals surface area contributed by atoms with Crippen LogP contribution in [-0.4, -0.2) is 41.4 Å².